The van der Waals surface area contributed by atoms with Gasteiger partial charge in [0.25, 0.3) is 0 Å². The van der Waals surface area contributed by atoms with Gasteiger partial charge in [0.1, 0.15) is 4.90 Å². The van der Waals surface area contributed by atoms with Crippen LogP contribution in [-0.2, 0) is 21.9 Å². The number of hydrogen-bond acceptors (Lipinski definition) is 4. The van der Waals surface area contributed by atoms with Crippen LogP contribution in [0, 0.1) is 5.92 Å². The Morgan fingerprint density at radius 2 is 1.92 bits per heavy atom. The van der Waals surface area contributed by atoms with Crippen LogP contribution in [0.15, 0.2) is 17.3 Å². The second kappa shape index (κ2) is 7.23. The van der Waals surface area contributed by atoms with Crippen LogP contribution in [0.2, 0.25) is 0 Å². The molecule has 2 heterocycles. The molecule has 0 N–H and O–H groups in total. The fourth-order valence-corrected chi connectivity index (χ4v) is 5.11. The van der Waals surface area contributed by atoms with E-state index >= 15 is 0 Å². The molecule has 1 aromatic rings. The molecule has 1 aromatic heterocycles. The number of carbonyl (C=O) groups excluding carboxylic acids is 1. The Morgan fingerprint density at radius 3 is 2.58 bits per heavy atom. The molecule has 0 radical (unpaired) electrons. The molecule has 0 spiro atoms. The predicted molar refractivity (Wildman–Crippen MR) is 89.7 cm³/mol. The molecule has 7 nitrogen and oxygen atoms in total. The first-order valence-corrected chi connectivity index (χ1v) is 10.2. The van der Waals surface area contributed by atoms with Crippen molar-refractivity contribution in [2.24, 2.45) is 13.0 Å². The van der Waals surface area contributed by atoms with Gasteiger partial charge in [-0.2, -0.15) is 9.40 Å². The van der Waals surface area contributed by atoms with Gasteiger partial charge in [0, 0.05) is 45.8 Å². The highest BCUT2D eigenvalue weighted by Gasteiger charge is 2.30. The van der Waals surface area contributed by atoms with Crippen molar-refractivity contribution in [3.8, 4) is 0 Å². The summed E-state index contributed by atoms with van der Waals surface area (Å²) < 4.78 is 28.3. The standard InChI is InChI=1S/C16H26N4O3S/c1-18-13-15(12-17-18)24(22,23)20-8-4-7-19(9-10-20)16(21)11-14-5-2-3-6-14/h12-14H,2-11H2,1H3. The summed E-state index contributed by atoms with van der Waals surface area (Å²) in [5.74, 6) is 0.707. The zero-order chi connectivity index (χ0) is 17.2. The fourth-order valence-electron chi connectivity index (χ4n) is 3.66. The third kappa shape index (κ3) is 3.80. The van der Waals surface area contributed by atoms with Crippen LogP contribution in [0.1, 0.15) is 38.5 Å². The van der Waals surface area contributed by atoms with Crippen molar-refractivity contribution in [2.45, 2.75) is 43.4 Å². The molecule has 8 heteroatoms. The van der Waals surface area contributed by atoms with Crippen molar-refractivity contribution in [3.63, 3.8) is 0 Å². The quantitative estimate of drug-likeness (QED) is 0.815. The van der Waals surface area contributed by atoms with Crippen LogP contribution in [-0.4, -0.2) is 59.5 Å². The number of aromatic nitrogens is 2. The lowest BCUT2D eigenvalue weighted by Crippen LogP contribution is -2.37. The van der Waals surface area contributed by atoms with Gasteiger partial charge >= 0.3 is 0 Å². The number of sulfonamides is 1. The van der Waals surface area contributed by atoms with Crippen LogP contribution >= 0.6 is 0 Å². The summed E-state index contributed by atoms with van der Waals surface area (Å²) in [5, 5.41) is 3.95. The normalized spacial score (nSPS) is 21.1. The number of carbonyl (C=O) groups is 1. The van der Waals surface area contributed by atoms with Crippen molar-refractivity contribution < 1.29 is 13.2 Å². The molecular formula is C16H26N4O3S. The number of hydrogen-bond donors (Lipinski definition) is 0. The van der Waals surface area contributed by atoms with Gasteiger partial charge in [0.05, 0.1) is 6.20 Å². The zero-order valence-electron chi connectivity index (χ0n) is 14.2. The molecule has 1 saturated carbocycles. The molecular weight excluding hydrogens is 328 g/mol. The summed E-state index contributed by atoms with van der Waals surface area (Å²) in [6.07, 6.45) is 8.96. The molecule has 1 aliphatic heterocycles. The minimum absolute atomic E-state index is 0.183. The molecule has 2 fully saturated rings. The summed E-state index contributed by atoms with van der Waals surface area (Å²) in [7, 11) is -1.82. The van der Waals surface area contributed by atoms with Gasteiger partial charge in [-0.25, -0.2) is 8.42 Å². The maximum absolute atomic E-state index is 12.7. The minimum atomic E-state index is -3.52. The summed E-state index contributed by atoms with van der Waals surface area (Å²) in [5.41, 5.74) is 0. The Kier molecular flexibility index (Phi) is 5.24. The van der Waals surface area contributed by atoms with Gasteiger partial charge < -0.3 is 4.90 Å². The van der Waals surface area contributed by atoms with E-state index in [9.17, 15) is 13.2 Å². The van der Waals surface area contributed by atoms with Crippen molar-refractivity contribution in [2.75, 3.05) is 26.2 Å². The minimum Gasteiger partial charge on any atom is -0.341 e. The fraction of sp³-hybridized carbons (Fsp3) is 0.750. The average Bonchev–Trinajstić information content (AvgIpc) is 3.13. The first-order valence-electron chi connectivity index (χ1n) is 8.73. The van der Waals surface area contributed by atoms with E-state index in [4.69, 9.17) is 0 Å². The smallest absolute Gasteiger partial charge is 0.246 e. The Morgan fingerprint density at radius 1 is 1.17 bits per heavy atom. The Labute approximate surface area is 143 Å². The summed E-state index contributed by atoms with van der Waals surface area (Å²) in [6.45, 7) is 1.92. The molecule has 134 valence electrons. The third-order valence-electron chi connectivity index (χ3n) is 5.06. The highest BCUT2D eigenvalue weighted by Crippen LogP contribution is 2.28. The van der Waals surface area contributed by atoms with Gasteiger partial charge in [0.15, 0.2) is 0 Å². The van der Waals surface area contributed by atoms with Crippen LogP contribution < -0.4 is 0 Å². The Bertz CT molecular complexity index is 679. The highest BCUT2D eigenvalue weighted by molar-refractivity contribution is 7.89. The van der Waals surface area contributed by atoms with Gasteiger partial charge in [-0.15, -0.1) is 0 Å². The van der Waals surface area contributed by atoms with Crippen LogP contribution in [0.25, 0.3) is 0 Å². The first-order chi connectivity index (χ1) is 11.5. The topological polar surface area (TPSA) is 75.5 Å². The van der Waals surface area contributed by atoms with E-state index in [0.717, 1.165) is 12.8 Å². The van der Waals surface area contributed by atoms with Crippen molar-refractivity contribution in [1.82, 2.24) is 19.0 Å². The molecule has 0 unspecified atom stereocenters. The van der Waals surface area contributed by atoms with E-state index in [1.165, 1.54) is 34.2 Å². The van der Waals surface area contributed by atoms with E-state index in [1.54, 1.807) is 7.05 Å². The SMILES string of the molecule is Cn1cc(S(=O)(=O)N2CCCN(C(=O)CC3CCCC3)CC2)cn1. The van der Waals surface area contributed by atoms with Crippen LogP contribution in [0.3, 0.4) is 0 Å². The maximum atomic E-state index is 12.7. The predicted octanol–water partition coefficient (Wildman–Crippen LogP) is 1.22. The summed E-state index contributed by atoms with van der Waals surface area (Å²) >= 11 is 0. The lowest BCUT2D eigenvalue weighted by Gasteiger charge is -2.23. The van der Waals surface area contributed by atoms with E-state index in [-0.39, 0.29) is 10.8 Å². The monoisotopic (exact) mass is 354 g/mol. The van der Waals surface area contributed by atoms with Gasteiger partial charge in [-0.05, 0) is 25.2 Å². The zero-order valence-corrected chi connectivity index (χ0v) is 15.0. The van der Waals surface area contributed by atoms with E-state index in [0.29, 0.717) is 44.9 Å². The van der Waals surface area contributed by atoms with Gasteiger partial charge in [-0.1, -0.05) is 12.8 Å². The summed E-state index contributed by atoms with van der Waals surface area (Å²) in [4.78, 5) is 14.5. The van der Waals surface area contributed by atoms with Gasteiger partial charge in [-0.3, -0.25) is 9.48 Å². The Balaban J connectivity index is 1.61. The molecule has 1 aliphatic carbocycles. The molecule has 1 saturated heterocycles. The van der Waals surface area contributed by atoms with E-state index in [2.05, 4.69) is 5.10 Å². The average molecular weight is 354 g/mol. The Hall–Kier alpha value is -1.41. The number of amides is 1. The van der Waals surface area contributed by atoms with Crippen molar-refractivity contribution >= 4 is 15.9 Å². The second-order valence-corrected chi connectivity index (χ2v) is 8.78. The largest absolute Gasteiger partial charge is 0.341 e. The van der Waals surface area contributed by atoms with Crippen molar-refractivity contribution in [1.29, 1.82) is 0 Å². The molecule has 0 aromatic carbocycles. The van der Waals surface area contributed by atoms with Crippen molar-refractivity contribution in [3.05, 3.63) is 12.4 Å². The molecule has 24 heavy (non-hydrogen) atoms. The summed E-state index contributed by atoms with van der Waals surface area (Å²) in [6, 6.07) is 0. The molecule has 1 amide bonds. The maximum Gasteiger partial charge on any atom is 0.246 e. The number of rotatable bonds is 4. The van der Waals surface area contributed by atoms with E-state index in [1.807, 2.05) is 4.90 Å². The second-order valence-electron chi connectivity index (χ2n) is 6.84. The highest BCUT2D eigenvalue weighted by atomic mass is 32.2. The van der Waals surface area contributed by atoms with E-state index < -0.39 is 10.0 Å². The molecule has 3 rings (SSSR count). The molecule has 0 atom stereocenters. The van der Waals surface area contributed by atoms with Crippen LogP contribution in [0.4, 0.5) is 0 Å². The molecule has 2 aliphatic rings. The molecule has 0 bridgehead atoms. The lowest BCUT2D eigenvalue weighted by molar-refractivity contribution is -0.132. The van der Waals surface area contributed by atoms with Gasteiger partial charge in [0.2, 0.25) is 15.9 Å². The lowest BCUT2D eigenvalue weighted by atomic mass is 10.0. The number of aryl methyl sites for hydroxylation is 1. The number of nitrogens with zero attached hydrogens (tertiary/aromatic N) is 4. The van der Waals surface area contributed by atoms with Crippen LogP contribution in [0.5, 0.6) is 0 Å². The third-order valence-corrected chi connectivity index (χ3v) is 6.92. The first kappa shape index (κ1) is 17.4.